The van der Waals surface area contributed by atoms with Gasteiger partial charge in [-0.2, -0.15) is 0 Å². The van der Waals surface area contributed by atoms with E-state index in [-0.39, 0.29) is 0 Å². The highest BCUT2D eigenvalue weighted by molar-refractivity contribution is 4.83. The first kappa shape index (κ1) is 20.6. The molecule has 3 nitrogen and oxygen atoms in total. The molecule has 3 saturated heterocycles. The van der Waals surface area contributed by atoms with Gasteiger partial charge in [-0.25, -0.2) is 0 Å². The largest absolute Gasteiger partial charge is 0.302 e. The van der Waals surface area contributed by atoms with Crippen LogP contribution in [0.15, 0.2) is 0 Å². The predicted octanol–water partition coefficient (Wildman–Crippen LogP) is 4.19. The third-order valence-electron chi connectivity index (χ3n) is 7.91. The molecule has 0 atom stereocenters. The quantitative estimate of drug-likeness (QED) is 0.701. The van der Waals surface area contributed by atoms with E-state index in [0.29, 0.717) is 0 Å². The summed E-state index contributed by atoms with van der Waals surface area (Å²) in [5, 5.41) is 0. The Kier molecular flexibility index (Phi) is 7.84. The van der Waals surface area contributed by atoms with Crippen LogP contribution in [0.5, 0.6) is 0 Å². The lowest BCUT2D eigenvalue weighted by Crippen LogP contribution is -2.45. The number of hydrogen-bond acceptors (Lipinski definition) is 3. The highest BCUT2D eigenvalue weighted by Gasteiger charge is 2.30. The molecular weight excluding hydrogens is 318 g/mol. The second kappa shape index (κ2) is 9.89. The molecule has 3 heterocycles. The first-order valence-electron chi connectivity index (χ1n) is 11.7. The minimum absolute atomic E-state index is 0.739. The maximum absolute atomic E-state index is 2.76. The predicted molar refractivity (Wildman–Crippen MR) is 113 cm³/mol. The molecule has 3 aliphatic heterocycles. The molecular formula is C23H45N3. The van der Waals surface area contributed by atoms with E-state index in [1.807, 2.05) is 0 Å². The van der Waals surface area contributed by atoms with Gasteiger partial charge in [-0.05, 0) is 115 Å². The van der Waals surface area contributed by atoms with Gasteiger partial charge in [0.05, 0.1) is 0 Å². The summed E-state index contributed by atoms with van der Waals surface area (Å²) in [4.78, 5) is 8.16. The maximum atomic E-state index is 2.76. The summed E-state index contributed by atoms with van der Waals surface area (Å²) in [6, 6.07) is 0.739. The fourth-order valence-electron chi connectivity index (χ4n) is 5.68. The van der Waals surface area contributed by atoms with Crippen molar-refractivity contribution in [3.8, 4) is 0 Å². The average Bonchev–Trinajstić information content (AvgIpc) is 2.67. The summed E-state index contributed by atoms with van der Waals surface area (Å²) >= 11 is 0. The van der Waals surface area contributed by atoms with Crippen LogP contribution >= 0.6 is 0 Å². The van der Waals surface area contributed by atoms with E-state index in [9.17, 15) is 0 Å². The van der Waals surface area contributed by atoms with Gasteiger partial charge in [0.15, 0.2) is 0 Å². The van der Waals surface area contributed by atoms with Crippen molar-refractivity contribution in [2.24, 2.45) is 23.7 Å². The lowest BCUT2D eigenvalue weighted by Gasteiger charge is -2.42. The van der Waals surface area contributed by atoms with E-state index >= 15 is 0 Å². The maximum Gasteiger partial charge on any atom is 0.0109 e. The van der Waals surface area contributed by atoms with Crippen LogP contribution < -0.4 is 0 Å². The van der Waals surface area contributed by atoms with Gasteiger partial charge in [0, 0.05) is 19.1 Å². The highest BCUT2D eigenvalue weighted by Crippen LogP contribution is 2.33. The Morgan fingerprint density at radius 1 is 0.615 bits per heavy atom. The molecule has 0 aromatic carbocycles. The number of likely N-dealkylation sites (tertiary alicyclic amines) is 3. The summed E-state index contributed by atoms with van der Waals surface area (Å²) in [6.45, 7) is 20.2. The third-order valence-corrected chi connectivity index (χ3v) is 7.91. The van der Waals surface area contributed by atoms with E-state index in [4.69, 9.17) is 0 Å². The summed E-state index contributed by atoms with van der Waals surface area (Å²) in [6.07, 6.45) is 8.68. The molecule has 0 spiro atoms. The summed E-state index contributed by atoms with van der Waals surface area (Å²) in [5.74, 6) is 3.89. The van der Waals surface area contributed by atoms with Crippen LogP contribution in [0, 0.1) is 23.7 Å². The molecule has 0 aromatic rings. The molecule has 26 heavy (non-hydrogen) atoms. The van der Waals surface area contributed by atoms with Gasteiger partial charge in [-0.3, -0.25) is 0 Å². The fourth-order valence-corrected chi connectivity index (χ4v) is 5.68. The molecule has 0 bridgehead atoms. The van der Waals surface area contributed by atoms with Crippen molar-refractivity contribution in [1.82, 2.24) is 14.7 Å². The molecule has 3 aliphatic rings. The zero-order valence-corrected chi connectivity index (χ0v) is 18.1. The lowest BCUT2D eigenvalue weighted by atomic mass is 9.78. The Morgan fingerprint density at radius 3 is 1.46 bits per heavy atom. The number of rotatable bonds is 6. The molecule has 0 aromatic heterocycles. The van der Waals surface area contributed by atoms with Crippen LogP contribution in [0.3, 0.4) is 0 Å². The zero-order valence-electron chi connectivity index (χ0n) is 18.1. The van der Waals surface area contributed by atoms with Gasteiger partial charge in [-0.1, -0.05) is 13.8 Å². The summed E-state index contributed by atoms with van der Waals surface area (Å²) in [7, 11) is 0. The van der Waals surface area contributed by atoms with Crippen molar-refractivity contribution in [2.45, 2.75) is 72.3 Å². The van der Waals surface area contributed by atoms with Crippen molar-refractivity contribution in [3.63, 3.8) is 0 Å². The Morgan fingerprint density at radius 2 is 1.04 bits per heavy atom. The van der Waals surface area contributed by atoms with Gasteiger partial charge >= 0.3 is 0 Å². The van der Waals surface area contributed by atoms with Crippen molar-refractivity contribution in [1.29, 1.82) is 0 Å². The van der Waals surface area contributed by atoms with Crippen LogP contribution in [-0.4, -0.2) is 73.1 Å². The van der Waals surface area contributed by atoms with Crippen LogP contribution in [0.1, 0.15) is 66.2 Å². The first-order chi connectivity index (χ1) is 12.5. The standard InChI is InChI=1S/C23H45N3/c1-19(2)21-5-11-24(12-6-21)17-18-25-13-7-22(8-14-25)23-9-15-26(16-10-23)20(3)4/h19-23H,5-18H2,1-4H3. The molecule has 0 radical (unpaired) electrons. The Bertz CT molecular complexity index is 384. The van der Waals surface area contributed by atoms with Gasteiger partial charge < -0.3 is 14.7 Å². The smallest absolute Gasteiger partial charge is 0.0109 e. The lowest BCUT2D eigenvalue weighted by molar-refractivity contribution is 0.0760. The number of nitrogens with zero attached hydrogens (tertiary/aromatic N) is 3. The second-order valence-corrected chi connectivity index (χ2v) is 10.1. The van der Waals surface area contributed by atoms with Crippen LogP contribution in [0.2, 0.25) is 0 Å². The van der Waals surface area contributed by atoms with Crippen molar-refractivity contribution in [2.75, 3.05) is 52.4 Å². The fraction of sp³-hybridized carbons (Fsp3) is 1.00. The van der Waals surface area contributed by atoms with E-state index in [1.54, 1.807) is 0 Å². The zero-order chi connectivity index (χ0) is 18.5. The average molecular weight is 364 g/mol. The molecule has 3 rings (SSSR count). The van der Waals surface area contributed by atoms with Crippen LogP contribution in [-0.2, 0) is 0 Å². The minimum atomic E-state index is 0.739. The summed E-state index contributed by atoms with van der Waals surface area (Å²) < 4.78 is 0. The summed E-state index contributed by atoms with van der Waals surface area (Å²) in [5.41, 5.74) is 0. The van der Waals surface area contributed by atoms with Gasteiger partial charge in [0.25, 0.3) is 0 Å². The van der Waals surface area contributed by atoms with Gasteiger partial charge in [0.2, 0.25) is 0 Å². The molecule has 3 heteroatoms. The van der Waals surface area contributed by atoms with Gasteiger partial charge in [-0.15, -0.1) is 0 Å². The highest BCUT2D eigenvalue weighted by atomic mass is 15.2. The number of piperidine rings is 3. The Labute approximate surface area is 163 Å². The van der Waals surface area contributed by atoms with Crippen molar-refractivity contribution < 1.29 is 0 Å². The molecule has 0 aliphatic carbocycles. The minimum Gasteiger partial charge on any atom is -0.302 e. The Balaban J connectivity index is 1.30. The van der Waals surface area contributed by atoms with E-state index in [2.05, 4.69) is 42.4 Å². The number of hydrogen-bond donors (Lipinski definition) is 0. The molecule has 0 N–H and O–H groups in total. The molecule has 3 fully saturated rings. The van der Waals surface area contributed by atoms with Crippen molar-refractivity contribution in [3.05, 3.63) is 0 Å². The molecule has 0 amide bonds. The van der Waals surface area contributed by atoms with E-state index in [1.165, 1.54) is 90.9 Å². The monoisotopic (exact) mass is 363 g/mol. The molecule has 152 valence electrons. The molecule has 0 saturated carbocycles. The van der Waals surface area contributed by atoms with Crippen LogP contribution in [0.4, 0.5) is 0 Å². The van der Waals surface area contributed by atoms with E-state index in [0.717, 1.165) is 29.7 Å². The first-order valence-corrected chi connectivity index (χ1v) is 11.7. The third kappa shape index (κ3) is 5.69. The normalized spacial score (nSPS) is 27.0. The molecule has 0 unspecified atom stereocenters. The Hall–Kier alpha value is -0.120. The topological polar surface area (TPSA) is 9.72 Å². The second-order valence-electron chi connectivity index (χ2n) is 10.1. The van der Waals surface area contributed by atoms with Crippen LogP contribution in [0.25, 0.3) is 0 Å². The SMILES string of the molecule is CC(C)C1CCN(CCN2CCC(C3CCN(C(C)C)CC3)CC2)CC1. The van der Waals surface area contributed by atoms with Gasteiger partial charge in [0.1, 0.15) is 0 Å². The van der Waals surface area contributed by atoms with E-state index < -0.39 is 0 Å². The van der Waals surface area contributed by atoms with Crippen molar-refractivity contribution >= 4 is 0 Å².